The zero-order chi connectivity index (χ0) is 26.5. The number of nitrogens with zero attached hydrogens (tertiary/aromatic N) is 2. The van der Waals surface area contributed by atoms with E-state index >= 15 is 0 Å². The van der Waals surface area contributed by atoms with E-state index in [-0.39, 0.29) is 11.3 Å². The third-order valence-electron chi connectivity index (χ3n) is 6.35. The largest absolute Gasteiger partial charge is 0.507 e. The lowest BCUT2D eigenvalue weighted by Gasteiger charge is -2.26. The van der Waals surface area contributed by atoms with Gasteiger partial charge in [0, 0.05) is 12.1 Å². The number of likely N-dealkylation sites (tertiary alicyclic amines) is 1. The highest BCUT2D eigenvalue weighted by atomic mass is 19.1. The highest BCUT2D eigenvalue weighted by Crippen LogP contribution is 2.39. The Morgan fingerprint density at radius 3 is 2.38 bits per heavy atom. The van der Waals surface area contributed by atoms with Crippen molar-refractivity contribution in [1.82, 2.24) is 9.80 Å². The Morgan fingerprint density at radius 1 is 1.03 bits per heavy atom. The predicted molar refractivity (Wildman–Crippen MR) is 141 cm³/mol. The number of hydrogen-bond donors (Lipinski definition) is 1. The number of ketones is 1. The number of aliphatic hydroxyl groups is 1. The number of aliphatic hydroxyl groups excluding tert-OH is 1. The molecule has 1 amide bonds. The summed E-state index contributed by atoms with van der Waals surface area (Å²) in [5.74, 6) is -1.51. The van der Waals surface area contributed by atoms with Crippen LogP contribution in [-0.2, 0) is 16.2 Å². The summed E-state index contributed by atoms with van der Waals surface area (Å²) >= 11 is 0. The monoisotopic (exact) mass is 502 g/mol. The topological polar surface area (TPSA) is 70.1 Å². The lowest BCUT2D eigenvalue weighted by Crippen LogP contribution is -2.32. The first kappa shape index (κ1) is 26.1. The maximum atomic E-state index is 13.6. The van der Waals surface area contributed by atoms with Gasteiger partial charge in [-0.3, -0.25) is 9.59 Å². The molecule has 0 aromatic heterocycles. The van der Waals surface area contributed by atoms with Gasteiger partial charge in [-0.05, 0) is 81.5 Å². The molecule has 4 rings (SSSR count). The highest BCUT2D eigenvalue weighted by molar-refractivity contribution is 6.46. The molecule has 0 bridgehead atoms. The van der Waals surface area contributed by atoms with Crippen LogP contribution in [0.5, 0.6) is 5.75 Å². The SMILES string of the molecule is Cc1cccc(COc2ccc(/C(O)=C3/C(=O)C(=O)N(CCCN(C)C)C3c3ccc(F)cc3)cc2)c1. The quantitative estimate of drug-likeness (QED) is 0.251. The fraction of sp³-hybridized carbons (Fsp3) is 0.267. The molecular weight excluding hydrogens is 471 g/mol. The molecule has 1 aliphatic rings. The fourth-order valence-corrected chi connectivity index (χ4v) is 4.49. The lowest BCUT2D eigenvalue weighted by molar-refractivity contribution is -0.139. The minimum Gasteiger partial charge on any atom is -0.507 e. The summed E-state index contributed by atoms with van der Waals surface area (Å²) in [6, 6.07) is 19.6. The number of benzene rings is 3. The summed E-state index contributed by atoms with van der Waals surface area (Å²) in [6.07, 6.45) is 0.644. The average Bonchev–Trinajstić information content (AvgIpc) is 3.13. The minimum absolute atomic E-state index is 0.00473. The van der Waals surface area contributed by atoms with Gasteiger partial charge < -0.3 is 19.6 Å². The van der Waals surface area contributed by atoms with E-state index in [9.17, 15) is 19.1 Å². The highest BCUT2D eigenvalue weighted by Gasteiger charge is 2.45. The zero-order valence-corrected chi connectivity index (χ0v) is 21.3. The van der Waals surface area contributed by atoms with Crippen molar-refractivity contribution in [1.29, 1.82) is 0 Å². The van der Waals surface area contributed by atoms with E-state index in [0.29, 0.717) is 36.4 Å². The summed E-state index contributed by atoms with van der Waals surface area (Å²) in [5, 5.41) is 11.2. The molecule has 1 aliphatic heterocycles. The van der Waals surface area contributed by atoms with E-state index in [1.807, 2.05) is 50.2 Å². The van der Waals surface area contributed by atoms with Gasteiger partial charge in [0.05, 0.1) is 11.6 Å². The van der Waals surface area contributed by atoms with Gasteiger partial charge in [0.25, 0.3) is 11.7 Å². The van der Waals surface area contributed by atoms with Gasteiger partial charge in [0.2, 0.25) is 0 Å². The van der Waals surface area contributed by atoms with Gasteiger partial charge in [-0.15, -0.1) is 0 Å². The molecule has 0 radical (unpaired) electrons. The van der Waals surface area contributed by atoms with Gasteiger partial charge in [-0.1, -0.05) is 42.0 Å². The molecule has 0 aliphatic carbocycles. The van der Waals surface area contributed by atoms with Gasteiger partial charge in [0.1, 0.15) is 23.9 Å². The molecule has 0 spiro atoms. The van der Waals surface area contributed by atoms with Crippen LogP contribution in [0, 0.1) is 12.7 Å². The first-order valence-electron chi connectivity index (χ1n) is 12.2. The van der Waals surface area contributed by atoms with E-state index in [0.717, 1.165) is 17.7 Å². The number of rotatable bonds is 9. The second kappa shape index (κ2) is 11.4. The molecular formula is C30H31FN2O4. The van der Waals surface area contributed by atoms with Gasteiger partial charge in [-0.2, -0.15) is 0 Å². The number of ether oxygens (including phenoxy) is 1. The first-order chi connectivity index (χ1) is 17.7. The third kappa shape index (κ3) is 6.06. The molecule has 3 aromatic carbocycles. The van der Waals surface area contributed by atoms with E-state index in [2.05, 4.69) is 0 Å². The van der Waals surface area contributed by atoms with Crippen molar-refractivity contribution in [3.63, 3.8) is 0 Å². The van der Waals surface area contributed by atoms with Crippen LogP contribution in [-0.4, -0.2) is 53.8 Å². The molecule has 1 unspecified atom stereocenters. The molecule has 1 atom stereocenters. The normalized spacial score (nSPS) is 17.0. The van der Waals surface area contributed by atoms with Crippen LogP contribution >= 0.6 is 0 Å². The van der Waals surface area contributed by atoms with Crippen LogP contribution in [0.15, 0.2) is 78.4 Å². The molecule has 1 saturated heterocycles. The summed E-state index contributed by atoms with van der Waals surface area (Å²) in [5.41, 5.74) is 3.14. The number of Topliss-reactive ketones (excluding diaryl/α,β-unsaturated/α-hetero) is 1. The molecule has 7 heteroatoms. The van der Waals surface area contributed by atoms with Crippen LogP contribution in [0.2, 0.25) is 0 Å². The van der Waals surface area contributed by atoms with Crippen molar-refractivity contribution >= 4 is 17.4 Å². The molecule has 3 aromatic rings. The van der Waals surface area contributed by atoms with Crippen molar-refractivity contribution < 1.29 is 23.8 Å². The van der Waals surface area contributed by atoms with Crippen molar-refractivity contribution in [2.45, 2.75) is 26.0 Å². The molecule has 0 saturated carbocycles. The summed E-state index contributed by atoms with van der Waals surface area (Å²) in [6.45, 7) is 3.47. The Balaban J connectivity index is 1.62. The minimum atomic E-state index is -0.806. The van der Waals surface area contributed by atoms with E-state index in [1.165, 1.54) is 17.0 Å². The number of hydrogen-bond acceptors (Lipinski definition) is 5. The molecule has 1 N–H and O–H groups in total. The van der Waals surface area contributed by atoms with Crippen LogP contribution in [0.1, 0.15) is 34.7 Å². The van der Waals surface area contributed by atoms with Crippen molar-refractivity contribution in [2.75, 3.05) is 27.2 Å². The van der Waals surface area contributed by atoms with E-state index < -0.39 is 23.5 Å². The van der Waals surface area contributed by atoms with Crippen molar-refractivity contribution in [3.05, 3.63) is 106 Å². The second-order valence-corrected chi connectivity index (χ2v) is 9.50. The van der Waals surface area contributed by atoms with Crippen molar-refractivity contribution in [3.8, 4) is 5.75 Å². The maximum Gasteiger partial charge on any atom is 0.295 e. The smallest absolute Gasteiger partial charge is 0.295 e. The standard InChI is InChI=1S/C30H31FN2O4/c1-20-6-4-7-21(18-20)19-37-25-14-10-23(11-15-25)28(34)26-27(22-8-12-24(31)13-9-22)33(30(36)29(26)35)17-5-16-32(2)3/h4,6-15,18,27,34H,5,16-17,19H2,1-3H3/b28-26-. The van der Waals surface area contributed by atoms with Gasteiger partial charge >= 0.3 is 0 Å². The Kier molecular flexibility index (Phi) is 8.04. The summed E-state index contributed by atoms with van der Waals surface area (Å²) < 4.78 is 19.5. The number of carbonyl (C=O) groups is 2. The Labute approximate surface area is 216 Å². The van der Waals surface area contributed by atoms with E-state index in [1.54, 1.807) is 36.4 Å². The molecule has 1 heterocycles. The van der Waals surface area contributed by atoms with Crippen LogP contribution in [0.25, 0.3) is 5.76 Å². The predicted octanol–water partition coefficient (Wildman–Crippen LogP) is 5.09. The molecule has 1 fully saturated rings. The Morgan fingerprint density at radius 2 is 1.73 bits per heavy atom. The van der Waals surface area contributed by atoms with Gasteiger partial charge in [-0.25, -0.2) is 4.39 Å². The summed E-state index contributed by atoms with van der Waals surface area (Å²) in [4.78, 5) is 29.6. The number of aryl methyl sites for hydroxylation is 1. The van der Waals surface area contributed by atoms with Crippen LogP contribution in [0.3, 0.4) is 0 Å². The first-order valence-corrected chi connectivity index (χ1v) is 12.2. The van der Waals surface area contributed by atoms with Crippen molar-refractivity contribution in [2.24, 2.45) is 0 Å². The number of carbonyl (C=O) groups excluding carboxylic acids is 2. The van der Waals surface area contributed by atoms with Crippen LogP contribution in [0.4, 0.5) is 4.39 Å². The zero-order valence-electron chi connectivity index (χ0n) is 21.3. The van der Waals surface area contributed by atoms with Gasteiger partial charge in [0.15, 0.2) is 0 Å². The third-order valence-corrected chi connectivity index (χ3v) is 6.35. The van der Waals surface area contributed by atoms with Crippen LogP contribution < -0.4 is 4.74 Å². The molecule has 192 valence electrons. The molecule has 37 heavy (non-hydrogen) atoms. The average molecular weight is 503 g/mol. The maximum absolute atomic E-state index is 13.6. The van der Waals surface area contributed by atoms with E-state index in [4.69, 9.17) is 4.74 Å². The summed E-state index contributed by atoms with van der Waals surface area (Å²) in [7, 11) is 3.86. The number of halogens is 1. The second-order valence-electron chi connectivity index (χ2n) is 9.50. The Bertz CT molecular complexity index is 1300. The number of amides is 1. The lowest BCUT2D eigenvalue weighted by atomic mass is 9.95. The fourth-order valence-electron chi connectivity index (χ4n) is 4.49. The molecule has 6 nitrogen and oxygen atoms in total. The Hall–Kier alpha value is -3.97.